The quantitative estimate of drug-likeness (QED) is 0.373. The fourth-order valence-electron chi connectivity index (χ4n) is 3.01. The summed E-state index contributed by atoms with van der Waals surface area (Å²) in [5.74, 6) is -0.194. The topological polar surface area (TPSA) is 110 Å². The Morgan fingerprint density at radius 3 is 2.60 bits per heavy atom. The van der Waals surface area contributed by atoms with Gasteiger partial charge in [0.2, 0.25) is 0 Å². The van der Waals surface area contributed by atoms with E-state index >= 15 is 0 Å². The van der Waals surface area contributed by atoms with Crippen molar-refractivity contribution in [2.45, 2.75) is 0 Å². The number of methoxy groups -OCH3 is 1. The van der Waals surface area contributed by atoms with Crippen molar-refractivity contribution in [3.8, 4) is 17.1 Å². The lowest BCUT2D eigenvalue weighted by molar-refractivity contribution is -0.385. The van der Waals surface area contributed by atoms with E-state index in [0.717, 1.165) is 11.6 Å². The molecule has 9 heteroatoms. The lowest BCUT2D eigenvalue weighted by Crippen LogP contribution is -2.12. The van der Waals surface area contributed by atoms with Crippen molar-refractivity contribution in [2.75, 3.05) is 12.4 Å². The molecular weight excluding hydrogens is 391 g/mol. The Balaban J connectivity index is 1.59. The minimum absolute atomic E-state index is 0.0729. The predicted molar refractivity (Wildman–Crippen MR) is 109 cm³/mol. The molecule has 30 heavy (non-hydrogen) atoms. The summed E-state index contributed by atoms with van der Waals surface area (Å²) < 4.78 is 18.1. The van der Waals surface area contributed by atoms with Crippen LogP contribution in [0.5, 0.6) is 5.75 Å². The van der Waals surface area contributed by atoms with Gasteiger partial charge in [0.05, 0.1) is 23.1 Å². The molecule has 0 fully saturated rings. The number of carbonyl (C=O) groups is 1. The summed E-state index contributed by atoms with van der Waals surface area (Å²) in [6.45, 7) is 0. The minimum Gasteiger partial charge on any atom is -0.490 e. The van der Waals surface area contributed by atoms with Crippen LogP contribution in [0.2, 0.25) is 0 Å². The molecule has 0 atom stereocenters. The second-order valence-corrected chi connectivity index (χ2v) is 6.42. The molecule has 4 aromatic rings. The molecule has 0 aliphatic carbocycles. The number of aromatic nitrogens is 2. The average molecular weight is 406 g/mol. The number of hydrogen-bond acceptors (Lipinski definition) is 5. The molecule has 2 N–H and O–H groups in total. The minimum atomic E-state index is -0.608. The summed E-state index contributed by atoms with van der Waals surface area (Å²) in [4.78, 5) is 30.7. The summed E-state index contributed by atoms with van der Waals surface area (Å²) >= 11 is 0. The number of rotatable bonds is 5. The molecule has 1 heterocycles. The van der Waals surface area contributed by atoms with Gasteiger partial charge in [-0.2, -0.15) is 0 Å². The first kappa shape index (κ1) is 19.1. The number of nitro groups is 1. The number of hydrogen-bond donors (Lipinski definition) is 2. The summed E-state index contributed by atoms with van der Waals surface area (Å²) in [6.07, 6.45) is 0. The van der Waals surface area contributed by atoms with Gasteiger partial charge in [-0.25, -0.2) is 9.37 Å². The second kappa shape index (κ2) is 7.63. The van der Waals surface area contributed by atoms with Gasteiger partial charge in [-0.1, -0.05) is 0 Å². The monoisotopic (exact) mass is 406 g/mol. The van der Waals surface area contributed by atoms with E-state index < -0.39 is 10.8 Å². The number of carbonyl (C=O) groups excluding carboxylic acids is 1. The normalized spacial score (nSPS) is 10.7. The Morgan fingerprint density at radius 2 is 1.90 bits per heavy atom. The number of fused-ring (bicyclic) bond motifs is 1. The summed E-state index contributed by atoms with van der Waals surface area (Å²) in [5.41, 5.74) is 2.39. The number of anilines is 1. The second-order valence-electron chi connectivity index (χ2n) is 6.42. The van der Waals surface area contributed by atoms with Crippen LogP contribution in [0.3, 0.4) is 0 Å². The van der Waals surface area contributed by atoms with Crippen molar-refractivity contribution in [3.63, 3.8) is 0 Å². The van der Waals surface area contributed by atoms with Crippen LogP contribution in [-0.2, 0) is 0 Å². The number of nitrogens with one attached hydrogen (secondary N) is 2. The fourth-order valence-corrected chi connectivity index (χ4v) is 3.01. The zero-order valence-electron chi connectivity index (χ0n) is 15.7. The third kappa shape index (κ3) is 3.68. The Morgan fingerprint density at radius 1 is 1.13 bits per heavy atom. The van der Waals surface area contributed by atoms with Gasteiger partial charge < -0.3 is 15.0 Å². The van der Waals surface area contributed by atoms with Crippen molar-refractivity contribution < 1.29 is 18.8 Å². The maximum absolute atomic E-state index is 13.1. The van der Waals surface area contributed by atoms with E-state index in [2.05, 4.69) is 15.3 Å². The van der Waals surface area contributed by atoms with E-state index in [4.69, 9.17) is 4.74 Å². The standard InChI is InChI=1S/C21H15FN4O4/c1-30-19-9-4-13(10-18(19)26(28)29)21(27)23-15-7-8-16-17(11-15)25-20(24-16)12-2-5-14(22)6-3-12/h2-11H,1H3,(H,23,27)(H,24,25). The molecule has 0 aliphatic heterocycles. The van der Waals surface area contributed by atoms with Crippen LogP contribution in [0.1, 0.15) is 10.4 Å². The van der Waals surface area contributed by atoms with Crippen LogP contribution in [-0.4, -0.2) is 27.9 Å². The number of ether oxygens (including phenoxy) is 1. The first-order valence-corrected chi connectivity index (χ1v) is 8.84. The van der Waals surface area contributed by atoms with E-state index in [1.165, 1.54) is 31.4 Å². The van der Waals surface area contributed by atoms with Gasteiger partial charge in [0.25, 0.3) is 5.91 Å². The molecule has 8 nitrogen and oxygen atoms in total. The number of amides is 1. The Kier molecular flexibility index (Phi) is 4.85. The van der Waals surface area contributed by atoms with Crippen LogP contribution in [0.15, 0.2) is 60.7 Å². The number of H-pyrrole nitrogens is 1. The molecule has 0 radical (unpaired) electrons. The first-order valence-electron chi connectivity index (χ1n) is 8.84. The van der Waals surface area contributed by atoms with Gasteiger partial charge in [0.15, 0.2) is 5.75 Å². The third-order valence-electron chi connectivity index (χ3n) is 4.50. The van der Waals surface area contributed by atoms with E-state index in [9.17, 15) is 19.3 Å². The molecular formula is C21H15FN4O4. The van der Waals surface area contributed by atoms with Crippen LogP contribution in [0.4, 0.5) is 15.8 Å². The zero-order valence-corrected chi connectivity index (χ0v) is 15.7. The average Bonchev–Trinajstić information content (AvgIpc) is 3.17. The molecule has 1 aromatic heterocycles. The smallest absolute Gasteiger partial charge is 0.311 e. The maximum Gasteiger partial charge on any atom is 0.311 e. The van der Waals surface area contributed by atoms with Crippen LogP contribution in [0, 0.1) is 15.9 Å². The van der Waals surface area contributed by atoms with Crippen LogP contribution >= 0.6 is 0 Å². The molecule has 3 aromatic carbocycles. The molecule has 0 aliphatic rings. The lowest BCUT2D eigenvalue weighted by atomic mass is 10.1. The number of aromatic amines is 1. The Labute approximate surface area is 169 Å². The first-order chi connectivity index (χ1) is 14.4. The number of imidazole rings is 1. The molecule has 0 saturated heterocycles. The van der Waals surface area contributed by atoms with Gasteiger partial charge >= 0.3 is 5.69 Å². The van der Waals surface area contributed by atoms with E-state index in [1.807, 2.05) is 0 Å². The Bertz CT molecular complexity index is 1270. The van der Waals surface area contributed by atoms with Crippen molar-refractivity contribution in [1.29, 1.82) is 0 Å². The fraction of sp³-hybridized carbons (Fsp3) is 0.0476. The number of halogens is 1. The number of benzene rings is 3. The number of nitrogens with zero attached hydrogens (tertiary/aromatic N) is 2. The van der Waals surface area contributed by atoms with Gasteiger partial charge in [-0.05, 0) is 54.6 Å². The summed E-state index contributed by atoms with van der Waals surface area (Å²) in [6, 6.07) is 15.0. The van der Waals surface area contributed by atoms with Crippen molar-refractivity contribution in [2.24, 2.45) is 0 Å². The number of nitro benzene ring substituents is 1. The van der Waals surface area contributed by atoms with Gasteiger partial charge in [-0.15, -0.1) is 0 Å². The van der Waals surface area contributed by atoms with Gasteiger partial charge in [-0.3, -0.25) is 14.9 Å². The van der Waals surface area contributed by atoms with Gasteiger partial charge in [0, 0.05) is 22.9 Å². The maximum atomic E-state index is 13.1. The highest BCUT2D eigenvalue weighted by Crippen LogP contribution is 2.28. The highest BCUT2D eigenvalue weighted by Gasteiger charge is 2.18. The highest BCUT2D eigenvalue weighted by molar-refractivity contribution is 6.05. The zero-order chi connectivity index (χ0) is 21.3. The van der Waals surface area contributed by atoms with E-state index in [-0.39, 0.29) is 22.8 Å². The molecule has 1 amide bonds. The van der Waals surface area contributed by atoms with Crippen LogP contribution < -0.4 is 10.1 Å². The van der Waals surface area contributed by atoms with Crippen molar-refractivity contribution in [3.05, 3.63) is 82.2 Å². The van der Waals surface area contributed by atoms with Crippen molar-refractivity contribution >= 4 is 28.3 Å². The molecule has 150 valence electrons. The molecule has 0 saturated carbocycles. The van der Waals surface area contributed by atoms with Gasteiger partial charge in [0.1, 0.15) is 11.6 Å². The summed E-state index contributed by atoms with van der Waals surface area (Å²) in [5, 5.41) is 13.9. The van der Waals surface area contributed by atoms with E-state index in [1.54, 1.807) is 30.3 Å². The van der Waals surface area contributed by atoms with Crippen LogP contribution in [0.25, 0.3) is 22.4 Å². The summed E-state index contributed by atoms with van der Waals surface area (Å²) in [7, 11) is 1.32. The predicted octanol–water partition coefficient (Wildman–Crippen LogP) is 4.54. The third-order valence-corrected chi connectivity index (χ3v) is 4.50. The lowest BCUT2D eigenvalue weighted by Gasteiger charge is -2.07. The molecule has 4 rings (SSSR count). The highest BCUT2D eigenvalue weighted by atomic mass is 19.1. The molecule has 0 unspecified atom stereocenters. The SMILES string of the molecule is COc1ccc(C(=O)Nc2ccc3nc(-c4ccc(F)cc4)[nH]c3c2)cc1[N+](=O)[O-]. The molecule has 0 bridgehead atoms. The van der Waals surface area contributed by atoms with Crippen molar-refractivity contribution in [1.82, 2.24) is 9.97 Å². The molecule has 0 spiro atoms. The van der Waals surface area contributed by atoms with E-state index in [0.29, 0.717) is 22.5 Å². The largest absolute Gasteiger partial charge is 0.490 e. The Hall–Kier alpha value is -4.27.